The molecule has 1 aromatic heterocycles. The number of pyridine rings is 1. The Kier molecular flexibility index (Phi) is 8.06. The second-order valence-electron chi connectivity index (χ2n) is 10.3. The van der Waals surface area contributed by atoms with Crippen LogP contribution in [0.25, 0.3) is 12.2 Å². The monoisotopic (exact) mass is 563 g/mol. The molecule has 1 aliphatic heterocycles. The number of benzene rings is 2. The van der Waals surface area contributed by atoms with Crippen molar-refractivity contribution in [2.45, 2.75) is 51.4 Å². The van der Waals surface area contributed by atoms with E-state index in [4.69, 9.17) is 4.98 Å². The number of hydrogen-bond acceptors (Lipinski definition) is 5. The number of nitrogens with zero attached hydrogens (tertiary/aromatic N) is 3. The quantitative estimate of drug-likeness (QED) is 0.268. The van der Waals surface area contributed by atoms with Gasteiger partial charge in [0.15, 0.2) is 0 Å². The van der Waals surface area contributed by atoms with Crippen LogP contribution in [0.5, 0.6) is 5.75 Å². The zero-order chi connectivity index (χ0) is 29.1. The highest BCUT2D eigenvalue weighted by molar-refractivity contribution is 5.96. The Morgan fingerprint density at radius 1 is 1.17 bits per heavy atom. The fourth-order valence-corrected chi connectivity index (χ4v) is 5.41. The molecule has 1 saturated carbocycles. The van der Waals surface area contributed by atoms with Gasteiger partial charge in [0.25, 0.3) is 0 Å². The number of ether oxygens (including phenoxy) is 1. The molecular weight excluding hydrogens is 531 g/mol. The minimum Gasteiger partial charge on any atom is -0.478 e. The van der Waals surface area contributed by atoms with Gasteiger partial charge in [0.1, 0.15) is 11.6 Å². The summed E-state index contributed by atoms with van der Waals surface area (Å²) in [4.78, 5) is 21.1. The van der Waals surface area contributed by atoms with Crippen molar-refractivity contribution in [2.24, 2.45) is 0 Å². The fraction of sp³-hybridized carbons (Fsp3) is 0.312. The van der Waals surface area contributed by atoms with Gasteiger partial charge in [-0.3, -0.25) is 0 Å². The minimum absolute atomic E-state index is 0.233. The summed E-state index contributed by atoms with van der Waals surface area (Å²) in [6.07, 6.45) is 6.85. The van der Waals surface area contributed by atoms with E-state index in [0.29, 0.717) is 18.2 Å². The molecule has 0 amide bonds. The maximum absolute atomic E-state index is 12.7. The van der Waals surface area contributed by atoms with Crippen molar-refractivity contribution in [1.82, 2.24) is 4.98 Å². The Morgan fingerprint density at radius 2 is 1.88 bits per heavy atom. The lowest BCUT2D eigenvalue weighted by atomic mass is 9.98. The number of carboxylic acid groups (broad SMARTS) is 1. The first-order valence-corrected chi connectivity index (χ1v) is 13.7. The highest BCUT2D eigenvalue weighted by atomic mass is 19.4. The number of alkyl halides is 3. The van der Waals surface area contributed by atoms with Gasteiger partial charge in [-0.25, -0.2) is 9.78 Å². The van der Waals surface area contributed by atoms with Crippen molar-refractivity contribution in [1.29, 1.82) is 0 Å². The van der Waals surface area contributed by atoms with E-state index < -0.39 is 12.3 Å². The van der Waals surface area contributed by atoms with Crippen LogP contribution < -0.4 is 14.5 Å². The lowest BCUT2D eigenvalue weighted by Crippen LogP contribution is -2.23. The van der Waals surface area contributed by atoms with Crippen molar-refractivity contribution < 1.29 is 27.8 Å². The lowest BCUT2D eigenvalue weighted by Gasteiger charge is -2.30. The average molecular weight is 564 g/mol. The summed E-state index contributed by atoms with van der Waals surface area (Å²) in [6.45, 7) is 7.77. The zero-order valence-corrected chi connectivity index (χ0v) is 22.8. The number of carbonyl (C=O) groups is 1. The Balaban J connectivity index is 1.64. The van der Waals surface area contributed by atoms with E-state index in [0.717, 1.165) is 72.5 Å². The van der Waals surface area contributed by atoms with Gasteiger partial charge in [0, 0.05) is 37.1 Å². The number of carboxylic acids is 1. The Bertz CT molecular complexity index is 1460. The molecular formula is C32H32F3N3O3. The molecule has 1 saturated heterocycles. The van der Waals surface area contributed by atoms with Gasteiger partial charge in [0.05, 0.1) is 11.3 Å². The molecule has 0 unspecified atom stereocenters. The van der Waals surface area contributed by atoms with Gasteiger partial charge in [0.2, 0.25) is 0 Å². The van der Waals surface area contributed by atoms with Crippen LogP contribution >= 0.6 is 0 Å². The third kappa shape index (κ3) is 6.39. The van der Waals surface area contributed by atoms with Crippen LogP contribution in [0, 0.1) is 0 Å². The topological polar surface area (TPSA) is 65.9 Å². The van der Waals surface area contributed by atoms with E-state index in [1.54, 1.807) is 36.5 Å². The summed E-state index contributed by atoms with van der Waals surface area (Å²) in [7, 11) is 0. The maximum Gasteiger partial charge on any atom is 0.573 e. The highest BCUT2D eigenvalue weighted by Gasteiger charge is 2.33. The first-order valence-electron chi connectivity index (χ1n) is 13.7. The van der Waals surface area contributed by atoms with Crippen molar-refractivity contribution >= 4 is 35.3 Å². The number of anilines is 3. The third-order valence-corrected chi connectivity index (χ3v) is 7.43. The predicted molar refractivity (Wildman–Crippen MR) is 155 cm³/mol. The Hall–Kier alpha value is -4.27. The molecule has 214 valence electrons. The van der Waals surface area contributed by atoms with Crippen molar-refractivity contribution in [3.63, 3.8) is 0 Å². The summed E-state index contributed by atoms with van der Waals surface area (Å²) in [5.41, 5.74) is 5.42. The molecule has 2 fully saturated rings. The van der Waals surface area contributed by atoms with Crippen LogP contribution in [0.1, 0.15) is 71.1 Å². The first kappa shape index (κ1) is 28.3. The lowest BCUT2D eigenvalue weighted by molar-refractivity contribution is -0.274. The van der Waals surface area contributed by atoms with Crippen LogP contribution in [0.4, 0.5) is 30.4 Å². The van der Waals surface area contributed by atoms with Crippen LogP contribution in [0.15, 0.2) is 61.3 Å². The summed E-state index contributed by atoms with van der Waals surface area (Å²) < 4.78 is 42.3. The molecule has 3 aromatic rings. The molecule has 41 heavy (non-hydrogen) atoms. The van der Waals surface area contributed by atoms with E-state index in [9.17, 15) is 23.1 Å². The van der Waals surface area contributed by atoms with Gasteiger partial charge in [-0.05, 0) is 85.5 Å². The summed E-state index contributed by atoms with van der Waals surface area (Å²) >= 11 is 0. The number of hydrogen-bond donors (Lipinski definition) is 1. The molecule has 0 atom stereocenters. The average Bonchev–Trinajstić information content (AvgIpc) is 3.63. The zero-order valence-electron chi connectivity index (χ0n) is 22.8. The number of rotatable bonds is 10. The number of halogens is 3. The summed E-state index contributed by atoms with van der Waals surface area (Å²) in [5, 5.41) is 9.93. The van der Waals surface area contributed by atoms with Crippen LogP contribution in [-0.2, 0) is 6.54 Å². The minimum atomic E-state index is -4.77. The normalized spacial score (nSPS) is 15.4. The van der Waals surface area contributed by atoms with Crippen LogP contribution in [-0.4, -0.2) is 35.5 Å². The fourth-order valence-electron chi connectivity index (χ4n) is 5.41. The molecule has 9 heteroatoms. The second kappa shape index (κ2) is 11.7. The molecule has 0 spiro atoms. The smallest absolute Gasteiger partial charge is 0.478 e. The molecule has 0 radical (unpaired) electrons. The van der Waals surface area contributed by atoms with Gasteiger partial charge in [-0.1, -0.05) is 36.9 Å². The van der Waals surface area contributed by atoms with Crippen molar-refractivity contribution in [2.75, 3.05) is 22.9 Å². The van der Waals surface area contributed by atoms with Crippen molar-refractivity contribution in [3.8, 4) is 5.75 Å². The Morgan fingerprint density at radius 3 is 2.46 bits per heavy atom. The molecule has 2 heterocycles. The SMILES string of the molecule is C=Cc1cnc(N(Cc2ccc(OC(F)(F)F)cc2)c2ccc(C(=O)O)c(N3CCCC3)c2)c(C2CC2)c1/C=C\C. The molecule has 0 bridgehead atoms. The van der Waals surface area contributed by atoms with Gasteiger partial charge >= 0.3 is 12.3 Å². The van der Waals surface area contributed by atoms with E-state index in [-0.39, 0.29) is 11.3 Å². The maximum atomic E-state index is 12.7. The second-order valence-corrected chi connectivity index (χ2v) is 10.3. The molecule has 1 N–H and O–H groups in total. The largest absolute Gasteiger partial charge is 0.573 e. The van der Waals surface area contributed by atoms with E-state index in [1.807, 2.05) is 24.0 Å². The van der Waals surface area contributed by atoms with Gasteiger partial charge in [-0.15, -0.1) is 13.2 Å². The highest BCUT2D eigenvalue weighted by Crippen LogP contribution is 2.48. The van der Waals surface area contributed by atoms with E-state index >= 15 is 0 Å². The summed E-state index contributed by atoms with van der Waals surface area (Å²) in [5.74, 6) is -0.243. The summed E-state index contributed by atoms with van der Waals surface area (Å²) in [6, 6.07) is 11.1. The number of allylic oxidation sites excluding steroid dienone is 1. The van der Waals surface area contributed by atoms with Gasteiger partial charge < -0.3 is 19.6 Å². The Labute approximate surface area is 237 Å². The molecule has 5 rings (SSSR count). The molecule has 1 aliphatic carbocycles. The molecule has 2 aromatic carbocycles. The van der Waals surface area contributed by atoms with E-state index in [2.05, 4.69) is 22.3 Å². The first-order chi connectivity index (χ1) is 19.7. The number of aromatic nitrogens is 1. The van der Waals surface area contributed by atoms with Crippen LogP contribution in [0.3, 0.4) is 0 Å². The third-order valence-electron chi connectivity index (χ3n) is 7.43. The van der Waals surface area contributed by atoms with Crippen molar-refractivity contribution in [3.05, 3.63) is 89.1 Å². The van der Waals surface area contributed by atoms with E-state index in [1.165, 1.54) is 12.1 Å². The molecule has 2 aliphatic rings. The molecule has 6 nitrogen and oxygen atoms in total. The van der Waals surface area contributed by atoms with Crippen LogP contribution in [0.2, 0.25) is 0 Å². The van der Waals surface area contributed by atoms with Gasteiger partial charge in [-0.2, -0.15) is 0 Å². The number of aromatic carboxylic acids is 1. The predicted octanol–water partition coefficient (Wildman–Crippen LogP) is 8.17. The standard InChI is InChI=1S/C32H32F3N3O3/c1-3-7-26-22(4-2)19-36-30(29(26)23-10-11-23)38(20-21-8-13-25(14-9-21)41-32(33,34)35)24-12-15-27(31(39)40)28(18-24)37-16-5-6-17-37/h3-4,7-9,12-15,18-19,23H,2,5-6,10-11,16-17,20H2,1H3,(H,39,40)/b7-3-.